The summed E-state index contributed by atoms with van der Waals surface area (Å²) < 4.78 is 3.24. The highest BCUT2D eigenvalue weighted by Gasteiger charge is 2.44. The highest BCUT2D eigenvalue weighted by atomic mass is 16.3. The van der Waals surface area contributed by atoms with Gasteiger partial charge >= 0.3 is 0 Å². The van der Waals surface area contributed by atoms with Crippen LogP contribution in [-0.2, 0) is 0 Å². The summed E-state index contributed by atoms with van der Waals surface area (Å²) in [5, 5.41) is 10.8. The molecule has 0 saturated carbocycles. The predicted octanol–water partition coefficient (Wildman–Crippen LogP) is 7.59. The van der Waals surface area contributed by atoms with Crippen LogP contribution >= 0.6 is 0 Å². The summed E-state index contributed by atoms with van der Waals surface area (Å²) in [6, 6.07) is 0. The van der Waals surface area contributed by atoms with Crippen molar-refractivity contribution in [2.24, 2.45) is 0 Å². The van der Waals surface area contributed by atoms with E-state index < -0.39 is 0 Å². The molecule has 0 rings (SSSR count). The maximum absolute atomic E-state index is 10.8. The van der Waals surface area contributed by atoms with Crippen molar-refractivity contribution in [3.63, 3.8) is 0 Å². The number of unbranched alkanes of at least 4 members (excludes halogenated alkanes) is 11. The fraction of sp³-hybridized carbons (Fsp3) is 1.00. The van der Waals surface area contributed by atoms with Crippen molar-refractivity contribution in [1.82, 2.24) is 0 Å². The number of quaternary nitrogens is 3. The standard InChI is InChI=1S/C32H72N3O/c1-10-15-16-17-18-19-20-21-22-23-24-25-26-31(36)30-33(6,7)29-27-32(34(8,9)12-3)35(13-4,14-5)28-11-2/h31-32,36H,10-30H2,1-9H3/q+3. The van der Waals surface area contributed by atoms with E-state index >= 15 is 0 Å². The van der Waals surface area contributed by atoms with E-state index in [9.17, 15) is 5.11 Å². The van der Waals surface area contributed by atoms with E-state index in [0.29, 0.717) is 6.17 Å². The Morgan fingerprint density at radius 2 is 1.00 bits per heavy atom. The number of hydrogen-bond acceptors (Lipinski definition) is 1. The molecule has 4 nitrogen and oxygen atoms in total. The van der Waals surface area contributed by atoms with E-state index in [1.807, 2.05) is 0 Å². The molecular weight excluding hydrogens is 442 g/mol. The summed E-state index contributed by atoms with van der Waals surface area (Å²) >= 11 is 0. The zero-order chi connectivity index (χ0) is 27.5. The number of likely N-dealkylation sites (N-methyl/N-ethyl adjacent to an activating group) is 1. The lowest BCUT2D eigenvalue weighted by Gasteiger charge is -2.50. The van der Waals surface area contributed by atoms with Gasteiger partial charge in [0.05, 0.1) is 60.9 Å². The second kappa shape index (κ2) is 19.8. The van der Waals surface area contributed by atoms with Gasteiger partial charge in [0.25, 0.3) is 0 Å². The molecule has 0 radical (unpaired) electrons. The molecule has 218 valence electrons. The number of aliphatic hydroxyl groups is 1. The first-order valence-corrected chi connectivity index (χ1v) is 16.2. The molecule has 0 fully saturated rings. The van der Waals surface area contributed by atoms with Crippen molar-refractivity contribution in [2.45, 2.75) is 143 Å². The van der Waals surface area contributed by atoms with E-state index in [-0.39, 0.29) is 6.10 Å². The number of aliphatic hydroxyl groups excluding tert-OH is 1. The molecule has 0 bridgehead atoms. The quantitative estimate of drug-likeness (QED) is 0.0755. The van der Waals surface area contributed by atoms with Crippen molar-refractivity contribution in [3.8, 4) is 0 Å². The first kappa shape index (κ1) is 35.8. The van der Waals surface area contributed by atoms with Gasteiger partial charge in [0.1, 0.15) is 19.1 Å². The van der Waals surface area contributed by atoms with Gasteiger partial charge in [0, 0.05) is 0 Å². The molecule has 4 heteroatoms. The van der Waals surface area contributed by atoms with Crippen LogP contribution in [0, 0.1) is 0 Å². The van der Waals surface area contributed by atoms with Crippen molar-refractivity contribution in [3.05, 3.63) is 0 Å². The Hall–Kier alpha value is -0.160. The molecule has 2 atom stereocenters. The maximum Gasteiger partial charge on any atom is 0.221 e. The predicted molar refractivity (Wildman–Crippen MR) is 161 cm³/mol. The molecule has 0 heterocycles. The lowest BCUT2D eigenvalue weighted by Crippen LogP contribution is -2.68. The molecule has 1 N–H and O–H groups in total. The lowest BCUT2D eigenvalue weighted by molar-refractivity contribution is -1.12. The van der Waals surface area contributed by atoms with Crippen molar-refractivity contribution in [1.29, 1.82) is 0 Å². The Bertz CT molecular complexity index is 502. The summed E-state index contributed by atoms with van der Waals surface area (Å²) in [7, 11) is 9.53. The Morgan fingerprint density at radius 3 is 1.42 bits per heavy atom. The van der Waals surface area contributed by atoms with Crippen LogP contribution in [0.3, 0.4) is 0 Å². The molecule has 0 aromatic heterocycles. The number of rotatable bonds is 25. The molecule has 2 unspecified atom stereocenters. The van der Waals surface area contributed by atoms with E-state index in [0.717, 1.165) is 28.5 Å². The molecule has 0 spiro atoms. The third-order valence-corrected chi connectivity index (χ3v) is 9.27. The van der Waals surface area contributed by atoms with Crippen LogP contribution in [0.4, 0.5) is 0 Å². The lowest BCUT2D eigenvalue weighted by atomic mass is 10.0. The van der Waals surface area contributed by atoms with Gasteiger partial charge in [-0.3, -0.25) is 8.97 Å². The van der Waals surface area contributed by atoms with E-state index in [2.05, 4.69) is 62.8 Å². The smallest absolute Gasteiger partial charge is 0.221 e. The van der Waals surface area contributed by atoms with Crippen LogP contribution in [0.15, 0.2) is 0 Å². The van der Waals surface area contributed by atoms with Crippen LogP contribution in [0.2, 0.25) is 0 Å². The zero-order valence-corrected chi connectivity index (χ0v) is 26.8. The number of nitrogens with zero attached hydrogens (tertiary/aromatic N) is 3. The summed E-state index contributed by atoms with van der Waals surface area (Å²) in [5.41, 5.74) is 0. The maximum atomic E-state index is 10.8. The van der Waals surface area contributed by atoms with Gasteiger partial charge in [-0.2, -0.15) is 0 Å². The highest BCUT2D eigenvalue weighted by Crippen LogP contribution is 2.26. The van der Waals surface area contributed by atoms with Crippen molar-refractivity contribution >= 4 is 0 Å². The Labute approximate surface area is 229 Å². The monoisotopic (exact) mass is 515 g/mol. The molecule has 0 aliphatic carbocycles. The summed E-state index contributed by atoms with van der Waals surface area (Å²) in [4.78, 5) is 0. The van der Waals surface area contributed by atoms with Crippen LogP contribution in [0.5, 0.6) is 0 Å². The van der Waals surface area contributed by atoms with Gasteiger partial charge in [-0.15, -0.1) is 0 Å². The Balaban J connectivity index is 4.41. The van der Waals surface area contributed by atoms with Crippen molar-refractivity contribution in [2.75, 3.05) is 67.5 Å². The molecule has 36 heavy (non-hydrogen) atoms. The van der Waals surface area contributed by atoms with E-state index in [4.69, 9.17) is 0 Å². The summed E-state index contributed by atoms with van der Waals surface area (Å²) in [6.45, 7) is 18.7. The zero-order valence-electron chi connectivity index (χ0n) is 26.8. The van der Waals surface area contributed by atoms with Crippen LogP contribution in [0.1, 0.15) is 131 Å². The van der Waals surface area contributed by atoms with Crippen LogP contribution < -0.4 is 0 Å². The third-order valence-electron chi connectivity index (χ3n) is 9.27. The summed E-state index contributed by atoms with van der Waals surface area (Å²) in [5.74, 6) is 0. The molecule has 0 aliphatic rings. The Kier molecular flexibility index (Phi) is 19.8. The SMILES string of the molecule is CCCCCCCCCCCCCCC(O)C[N+](C)(C)CCC([N+](C)(C)CC)[N+](CC)(CC)CCC. The van der Waals surface area contributed by atoms with Gasteiger partial charge in [-0.05, 0) is 33.6 Å². The van der Waals surface area contributed by atoms with Crippen LogP contribution in [0.25, 0.3) is 0 Å². The molecule has 0 saturated heterocycles. The molecular formula is C32H72N3O+3. The topological polar surface area (TPSA) is 20.2 Å². The fourth-order valence-corrected chi connectivity index (χ4v) is 6.49. The fourth-order valence-electron chi connectivity index (χ4n) is 6.49. The largest absolute Gasteiger partial charge is 0.387 e. The van der Waals surface area contributed by atoms with Gasteiger partial charge in [-0.1, -0.05) is 90.9 Å². The minimum Gasteiger partial charge on any atom is -0.387 e. The van der Waals surface area contributed by atoms with Crippen molar-refractivity contribution < 1.29 is 18.6 Å². The first-order chi connectivity index (χ1) is 17.0. The molecule has 0 aromatic carbocycles. The van der Waals surface area contributed by atoms with Gasteiger partial charge in [-0.25, -0.2) is 0 Å². The van der Waals surface area contributed by atoms with Gasteiger partial charge < -0.3 is 9.59 Å². The summed E-state index contributed by atoms with van der Waals surface area (Å²) in [6.07, 6.45) is 20.4. The second-order valence-electron chi connectivity index (χ2n) is 13.1. The average molecular weight is 515 g/mol. The minimum absolute atomic E-state index is 0.164. The van der Waals surface area contributed by atoms with Gasteiger partial charge in [0.15, 0.2) is 0 Å². The highest BCUT2D eigenvalue weighted by molar-refractivity contribution is 4.58. The van der Waals surface area contributed by atoms with E-state index in [1.165, 1.54) is 121 Å². The van der Waals surface area contributed by atoms with Crippen LogP contribution in [-0.4, -0.2) is 98.3 Å². The normalized spacial score (nSPS) is 14.8. The number of hydrogen-bond donors (Lipinski definition) is 1. The molecule has 0 amide bonds. The molecule has 0 aromatic rings. The first-order valence-electron chi connectivity index (χ1n) is 16.2. The third kappa shape index (κ3) is 14.7. The minimum atomic E-state index is -0.164. The average Bonchev–Trinajstić information content (AvgIpc) is 2.83. The second-order valence-corrected chi connectivity index (χ2v) is 13.1. The van der Waals surface area contributed by atoms with Gasteiger partial charge in [0.2, 0.25) is 6.17 Å². The van der Waals surface area contributed by atoms with E-state index in [1.54, 1.807) is 0 Å². The molecule has 0 aliphatic heterocycles. The Morgan fingerprint density at radius 1 is 0.528 bits per heavy atom.